The number of fused-ring (bicyclic) bond motifs is 1. The summed E-state index contributed by atoms with van der Waals surface area (Å²) in [5.74, 6) is 2.23. The molecule has 1 amide bonds. The predicted octanol–water partition coefficient (Wildman–Crippen LogP) is 5.07. The number of hydrogen-bond donors (Lipinski definition) is 1. The van der Waals surface area contributed by atoms with E-state index in [1.807, 2.05) is 68.4 Å². The van der Waals surface area contributed by atoms with Crippen molar-refractivity contribution in [3.8, 4) is 23.1 Å². The SMILES string of the molecule is CCOc1ccccc1Oc1ccc(CNC(=O)c2cc3cc(OC)ccc3nc2C)cn1. The Kier molecular flexibility index (Phi) is 6.69. The number of aromatic nitrogens is 2. The van der Waals surface area contributed by atoms with Crippen molar-refractivity contribution in [3.63, 3.8) is 0 Å². The number of rotatable bonds is 8. The Morgan fingerprint density at radius 1 is 1.03 bits per heavy atom. The lowest BCUT2D eigenvalue weighted by Crippen LogP contribution is -2.24. The minimum Gasteiger partial charge on any atom is -0.497 e. The van der Waals surface area contributed by atoms with Crippen LogP contribution in [0.25, 0.3) is 10.9 Å². The van der Waals surface area contributed by atoms with Gasteiger partial charge in [-0.2, -0.15) is 0 Å². The summed E-state index contributed by atoms with van der Waals surface area (Å²) >= 11 is 0. The zero-order valence-electron chi connectivity index (χ0n) is 18.8. The van der Waals surface area contributed by atoms with Crippen molar-refractivity contribution >= 4 is 16.8 Å². The van der Waals surface area contributed by atoms with Gasteiger partial charge in [-0.25, -0.2) is 4.98 Å². The van der Waals surface area contributed by atoms with E-state index in [1.54, 1.807) is 19.4 Å². The first-order chi connectivity index (χ1) is 16.1. The Morgan fingerprint density at radius 2 is 1.85 bits per heavy atom. The second kappa shape index (κ2) is 9.99. The van der Waals surface area contributed by atoms with Crippen LogP contribution in [0.5, 0.6) is 23.1 Å². The third-order valence-electron chi connectivity index (χ3n) is 5.07. The van der Waals surface area contributed by atoms with Crippen molar-refractivity contribution in [3.05, 3.63) is 83.7 Å². The topological polar surface area (TPSA) is 82.6 Å². The number of pyridine rings is 2. The fourth-order valence-corrected chi connectivity index (χ4v) is 3.38. The number of para-hydroxylation sites is 2. The molecule has 4 rings (SSSR count). The summed E-state index contributed by atoms with van der Waals surface area (Å²) in [5.41, 5.74) is 2.86. The van der Waals surface area contributed by atoms with E-state index in [0.717, 1.165) is 22.2 Å². The maximum atomic E-state index is 12.8. The Labute approximate surface area is 192 Å². The van der Waals surface area contributed by atoms with E-state index in [1.165, 1.54) is 0 Å². The average molecular weight is 444 g/mol. The minimum atomic E-state index is -0.198. The molecule has 7 heteroatoms. The van der Waals surface area contributed by atoms with Crippen molar-refractivity contribution in [2.75, 3.05) is 13.7 Å². The van der Waals surface area contributed by atoms with Crippen LogP contribution in [0, 0.1) is 6.92 Å². The lowest BCUT2D eigenvalue weighted by atomic mass is 10.1. The summed E-state index contributed by atoms with van der Waals surface area (Å²) in [5, 5.41) is 3.78. The van der Waals surface area contributed by atoms with Crippen LogP contribution in [0.3, 0.4) is 0 Å². The van der Waals surface area contributed by atoms with Crippen LogP contribution in [0.15, 0.2) is 66.9 Å². The summed E-state index contributed by atoms with van der Waals surface area (Å²) < 4.78 is 16.7. The van der Waals surface area contributed by atoms with Gasteiger partial charge in [0, 0.05) is 24.2 Å². The Balaban J connectivity index is 1.42. The highest BCUT2D eigenvalue weighted by Gasteiger charge is 2.13. The molecule has 0 fully saturated rings. The molecule has 0 aliphatic rings. The second-order valence-electron chi connectivity index (χ2n) is 7.35. The zero-order chi connectivity index (χ0) is 23.2. The molecule has 168 valence electrons. The first-order valence-corrected chi connectivity index (χ1v) is 10.7. The highest BCUT2D eigenvalue weighted by molar-refractivity contribution is 5.98. The summed E-state index contributed by atoms with van der Waals surface area (Å²) in [6.07, 6.45) is 1.68. The Bertz CT molecular complexity index is 1270. The number of amides is 1. The number of methoxy groups -OCH3 is 1. The maximum Gasteiger partial charge on any atom is 0.253 e. The molecule has 0 saturated heterocycles. The van der Waals surface area contributed by atoms with Crippen LogP contribution in [0.4, 0.5) is 0 Å². The molecule has 2 heterocycles. The Hall–Kier alpha value is -4.13. The molecule has 0 aliphatic carbocycles. The molecule has 0 saturated carbocycles. The van der Waals surface area contributed by atoms with E-state index in [9.17, 15) is 4.79 Å². The van der Waals surface area contributed by atoms with Crippen LogP contribution in [-0.2, 0) is 6.54 Å². The van der Waals surface area contributed by atoms with Crippen molar-refractivity contribution in [2.45, 2.75) is 20.4 Å². The number of nitrogens with zero attached hydrogens (tertiary/aromatic N) is 2. The van der Waals surface area contributed by atoms with Crippen molar-refractivity contribution in [2.24, 2.45) is 0 Å². The molecule has 33 heavy (non-hydrogen) atoms. The van der Waals surface area contributed by atoms with Gasteiger partial charge < -0.3 is 19.5 Å². The first-order valence-electron chi connectivity index (χ1n) is 10.7. The van der Waals surface area contributed by atoms with Gasteiger partial charge in [0.05, 0.1) is 30.5 Å². The highest BCUT2D eigenvalue weighted by atomic mass is 16.5. The van der Waals surface area contributed by atoms with E-state index in [2.05, 4.69) is 15.3 Å². The van der Waals surface area contributed by atoms with Crippen LogP contribution in [-0.4, -0.2) is 29.6 Å². The van der Waals surface area contributed by atoms with Gasteiger partial charge in [0.2, 0.25) is 5.88 Å². The average Bonchev–Trinajstić information content (AvgIpc) is 2.84. The molecule has 7 nitrogen and oxygen atoms in total. The molecular formula is C26H25N3O4. The number of aryl methyl sites for hydroxylation is 1. The molecule has 0 spiro atoms. The minimum absolute atomic E-state index is 0.198. The third kappa shape index (κ3) is 5.20. The van der Waals surface area contributed by atoms with Crippen molar-refractivity contribution in [1.82, 2.24) is 15.3 Å². The number of ether oxygens (including phenoxy) is 3. The highest BCUT2D eigenvalue weighted by Crippen LogP contribution is 2.30. The largest absolute Gasteiger partial charge is 0.497 e. The second-order valence-corrected chi connectivity index (χ2v) is 7.35. The standard InChI is InChI=1S/C26H25N3O4/c1-4-32-23-7-5-6-8-24(23)33-25-12-9-18(15-27-25)16-28-26(30)21-14-19-13-20(31-3)10-11-22(19)29-17(21)2/h5-15H,4,16H2,1-3H3,(H,28,30). The van der Waals surface area contributed by atoms with Crippen molar-refractivity contribution in [1.29, 1.82) is 0 Å². The van der Waals surface area contributed by atoms with Gasteiger partial charge in [-0.05, 0) is 55.8 Å². The van der Waals surface area contributed by atoms with E-state index in [0.29, 0.717) is 41.8 Å². The van der Waals surface area contributed by atoms with Gasteiger partial charge in [-0.3, -0.25) is 9.78 Å². The maximum absolute atomic E-state index is 12.8. The fourth-order valence-electron chi connectivity index (χ4n) is 3.38. The van der Waals surface area contributed by atoms with E-state index >= 15 is 0 Å². The molecular weight excluding hydrogens is 418 g/mol. The molecule has 1 N–H and O–H groups in total. The summed E-state index contributed by atoms with van der Waals surface area (Å²) in [6, 6.07) is 18.5. The molecule has 0 bridgehead atoms. The molecule has 2 aromatic carbocycles. The fraction of sp³-hybridized carbons (Fsp3) is 0.192. The van der Waals surface area contributed by atoms with E-state index in [-0.39, 0.29) is 5.91 Å². The molecule has 0 radical (unpaired) electrons. The van der Waals surface area contributed by atoms with Crippen LogP contribution < -0.4 is 19.5 Å². The van der Waals surface area contributed by atoms with Gasteiger partial charge in [-0.1, -0.05) is 18.2 Å². The quantitative estimate of drug-likeness (QED) is 0.410. The van der Waals surface area contributed by atoms with E-state index in [4.69, 9.17) is 14.2 Å². The lowest BCUT2D eigenvalue weighted by molar-refractivity contribution is 0.0950. The number of nitrogens with one attached hydrogen (secondary N) is 1. The van der Waals surface area contributed by atoms with Gasteiger partial charge in [0.1, 0.15) is 5.75 Å². The third-order valence-corrected chi connectivity index (χ3v) is 5.07. The van der Waals surface area contributed by atoms with Crippen LogP contribution in [0.2, 0.25) is 0 Å². The lowest BCUT2D eigenvalue weighted by Gasteiger charge is -2.11. The zero-order valence-corrected chi connectivity index (χ0v) is 18.8. The summed E-state index contributed by atoms with van der Waals surface area (Å²) in [6.45, 7) is 4.63. The monoisotopic (exact) mass is 443 g/mol. The molecule has 4 aromatic rings. The molecule has 0 aliphatic heterocycles. The molecule has 2 aromatic heterocycles. The normalized spacial score (nSPS) is 10.6. The van der Waals surface area contributed by atoms with Gasteiger partial charge in [0.25, 0.3) is 5.91 Å². The van der Waals surface area contributed by atoms with Crippen LogP contribution in [0.1, 0.15) is 28.5 Å². The summed E-state index contributed by atoms with van der Waals surface area (Å²) in [4.78, 5) is 21.7. The van der Waals surface area contributed by atoms with Gasteiger partial charge in [0.15, 0.2) is 11.5 Å². The van der Waals surface area contributed by atoms with Gasteiger partial charge >= 0.3 is 0 Å². The number of benzene rings is 2. The number of hydrogen-bond acceptors (Lipinski definition) is 6. The Morgan fingerprint density at radius 3 is 2.58 bits per heavy atom. The van der Waals surface area contributed by atoms with E-state index < -0.39 is 0 Å². The van der Waals surface area contributed by atoms with Gasteiger partial charge in [-0.15, -0.1) is 0 Å². The predicted molar refractivity (Wildman–Crippen MR) is 126 cm³/mol. The number of carbonyl (C=O) groups is 1. The first kappa shape index (κ1) is 22.1. The molecule has 0 unspecified atom stereocenters. The van der Waals surface area contributed by atoms with Crippen LogP contribution >= 0.6 is 0 Å². The molecule has 0 atom stereocenters. The van der Waals surface area contributed by atoms with Crippen molar-refractivity contribution < 1.29 is 19.0 Å². The number of carbonyl (C=O) groups excluding carboxylic acids is 1. The smallest absolute Gasteiger partial charge is 0.253 e. The summed E-state index contributed by atoms with van der Waals surface area (Å²) in [7, 11) is 1.61.